The van der Waals surface area contributed by atoms with Crippen LogP contribution in [-0.4, -0.2) is 6.54 Å². The maximum absolute atomic E-state index is 6.28. The van der Waals surface area contributed by atoms with Crippen LogP contribution < -0.4 is 5.32 Å². The summed E-state index contributed by atoms with van der Waals surface area (Å²) in [6.07, 6.45) is 2.48. The van der Waals surface area contributed by atoms with Gasteiger partial charge in [0.2, 0.25) is 0 Å². The summed E-state index contributed by atoms with van der Waals surface area (Å²) in [6, 6.07) is 9.95. The van der Waals surface area contributed by atoms with Crippen molar-refractivity contribution in [3.05, 3.63) is 57.4 Å². The molecule has 1 unspecified atom stereocenters. The van der Waals surface area contributed by atoms with Crippen LogP contribution in [0.3, 0.4) is 0 Å². The highest BCUT2D eigenvalue weighted by molar-refractivity contribution is 9.10. The van der Waals surface area contributed by atoms with Crippen molar-refractivity contribution < 1.29 is 4.42 Å². The molecule has 1 aromatic carbocycles. The van der Waals surface area contributed by atoms with Crippen molar-refractivity contribution >= 4 is 27.5 Å². The Kier molecular flexibility index (Phi) is 4.87. The third-order valence-electron chi connectivity index (χ3n) is 2.77. The Morgan fingerprint density at radius 3 is 2.89 bits per heavy atom. The van der Waals surface area contributed by atoms with E-state index in [0.717, 1.165) is 33.8 Å². The maximum Gasteiger partial charge on any atom is 0.105 e. The Labute approximate surface area is 120 Å². The molecule has 0 aliphatic heterocycles. The first-order chi connectivity index (χ1) is 8.70. The first-order valence-corrected chi connectivity index (χ1v) is 7.08. The van der Waals surface area contributed by atoms with E-state index in [4.69, 9.17) is 16.0 Å². The predicted octanol–water partition coefficient (Wildman–Crippen LogP) is 4.59. The van der Waals surface area contributed by atoms with Crippen molar-refractivity contribution in [1.29, 1.82) is 0 Å². The average molecular weight is 329 g/mol. The molecule has 0 bridgehead atoms. The molecule has 0 amide bonds. The molecule has 96 valence electrons. The molecule has 4 heteroatoms. The van der Waals surface area contributed by atoms with Gasteiger partial charge in [0.15, 0.2) is 0 Å². The summed E-state index contributed by atoms with van der Waals surface area (Å²) in [5.41, 5.74) is 1.09. The number of rotatable bonds is 5. The number of nitrogens with one attached hydrogen (secondary N) is 1. The number of furan rings is 1. The SMILES string of the molecule is CCNC(Cc1ccco1)c1cc(Br)ccc1Cl. The van der Waals surface area contributed by atoms with Gasteiger partial charge in [0.05, 0.1) is 6.26 Å². The third kappa shape index (κ3) is 3.37. The van der Waals surface area contributed by atoms with E-state index >= 15 is 0 Å². The van der Waals surface area contributed by atoms with Gasteiger partial charge in [0, 0.05) is 22.0 Å². The van der Waals surface area contributed by atoms with Crippen LogP contribution in [0.1, 0.15) is 24.3 Å². The molecule has 2 aromatic rings. The molecular formula is C14H15BrClNO. The fourth-order valence-electron chi connectivity index (χ4n) is 1.95. The van der Waals surface area contributed by atoms with Crippen molar-refractivity contribution in [1.82, 2.24) is 5.32 Å². The number of hydrogen-bond donors (Lipinski definition) is 1. The second-order valence-electron chi connectivity index (χ2n) is 4.06. The Bertz CT molecular complexity index is 499. The molecule has 0 radical (unpaired) electrons. The summed E-state index contributed by atoms with van der Waals surface area (Å²) >= 11 is 9.76. The van der Waals surface area contributed by atoms with Crippen molar-refractivity contribution in [2.75, 3.05) is 6.54 Å². The van der Waals surface area contributed by atoms with Crippen molar-refractivity contribution in [3.8, 4) is 0 Å². The predicted molar refractivity (Wildman–Crippen MR) is 78.0 cm³/mol. The van der Waals surface area contributed by atoms with Crippen molar-refractivity contribution in [2.24, 2.45) is 0 Å². The quantitative estimate of drug-likeness (QED) is 0.868. The van der Waals surface area contributed by atoms with Gasteiger partial charge in [0.25, 0.3) is 0 Å². The lowest BCUT2D eigenvalue weighted by molar-refractivity contribution is 0.455. The monoisotopic (exact) mass is 327 g/mol. The molecule has 1 atom stereocenters. The minimum atomic E-state index is 0.158. The molecule has 2 rings (SSSR count). The van der Waals surface area contributed by atoms with E-state index in [-0.39, 0.29) is 6.04 Å². The smallest absolute Gasteiger partial charge is 0.105 e. The van der Waals surface area contributed by atoms with E-state index in [1.165, 1.54) is 0 Å². The van der Waals surface area contributed by atoms with Crippen LogP contribution in [0.5, 0.6) is 0 Å². The molecule has 1 N–H and O–H groups in total. The first kappa shape index (κ1) is 13.7. The molecule has 0 aliphatic carbocycles. The van der Waals surface area contributed by atoms with Gasteiger partial charge in [-0.05, 0) is 42.4 Å². The molecule has 2 nitrogen and oxygen atoms in total. The second kappa shape index (κ2) is 6.41. The number of hydrogen-bond acceptors (Lipinski definition) is 2. The third-order valence-corrected chi connectivity index (χ3v) is 3.61. The lowest BCUT2D eigenvalue weighted by Gasteiger charge is -2.19. The molecule has 1 heterocycles. The lowest BCUT2D eigenvalue weighted by atomic mass is 10.0. The number of likely N-dealkylation sites (N-methyl/N-ethyl adjacent to an activating group) is 1. The molecule has 1 aromatic heterocycles. The summed E-state index contributed by atoms with van der Waals surface area (Å²) < 4.78 is 6.44. The van der Waals surface area contributed by atoms with Gasteiger partial charge in [-0.1, -0.05) is 34.5 Å². The zero-order chi connectivity index (χ0) is 13.0. The molecule has 18 heavy (non-hydrogen) atoms. The Balaban J connectivity index is 2.26. The summed E-state index contributed by atoms with van der Waals surface area (Å²) in [6.45, 7) is 2.97. The highest BCUT2D eigenvalue weighted by Gasteiger charge is 2.16. The zero-order valence-electron chi connectivity index (χ0n) is 10.1. The van der Waals surface area contributed by atoms with Gasteiger partial charge < -0.3 is 9.73 Å². The van der Waals surface area contributed by atoms with Crippen LogP contribution in [0.4, 0.5) is 0 Å². The van der Waals surface area contributed by atoms with Gasteiger partial charge in [0.1, 0.15) is 5.76 Å². The summed E-state index contributed by atoms with van der Waals surface area (Å²) in [4.78, 5) is 0. The minimum absolute atomic E-state index is 0.158. The lowest BCUT2D eigenvalue weighted by Crippen LogP contribution is -2.23. The fraction of sp³-hybridized carbons (Fsp3) is 0.286. The van der Waals surface area contributed by atoms with Crippen LogP contribution in [-0.2, 0) is 6.42 Å². The van der Waals surface area contributed by atoms with Crippen LogP contribution in [0.25, 0.3) is 0 Å². The van der Waals surface area contributed by atoms with Crippen LogP contribution in [0.15, 0.2) is 45.5 Å². The van der Waals surface area contributed by atoms with Gasteiger partial charge in [-0.3, -0.25) is 0 Å². The highest BCUT2D eigenvalue weighted by Crippen LogP contribution is 2.28. The summed E-state index contributed by atoms with van der Waals surface area (Å²) in [5, 5.41) is 4.21. The van der Waals surface area contributed by atoms with Gasteiger partial charge in [-0.25, -0.2) is 0 Å². The van der Waals surface area contributed by atoms with Crippen molar-refractivity contribution in [2.45, 2.75) is 19.4 Å². The Hall–Kier alpha value is -0.770. The van der Waals surface area contributed by atoms with Crippen LogP contribution in [0.2, 0.25) is 5.02 Å². The van der Waals surface area contributed by atoms with E-state index in [1.807, 2.05) is 24.3 Å². The van der Waals surface area contributed by atoms with E-state index < -0.39 is 0 Å². The number of halogens is 2. The first-order valence-electron chi connectivity index (χ1n) is 5.91. The Morgan fingerprint density at radius 2 is 2.22 bits per heavy atom. The molecule has 0 saturated heterocycles. The Morgan fingerprint density at radius 1 is 1.39 bits per heavy atom. The van der Waals surface area contributed by atoms with E-state index in [1.54, 1.807) is 6.26 Å². The number of benzene rings is 1. The average Bonchev–Trinajstić information content (AvgIpc) is 2.85. The minimum Gasteiger partial charge on any atom is -0.469 e. The topological polar surface area (TPSA) is 25.2 Å². The fourth-order valence-corrected chi connectivity index (χ4v) is 2.58. The van der Waals surface area contributed by atoms with E-state index in [2.05, 4.69) is 34.2 Å². The van der Waals surface area contributed by atoms with Crippen LogP contribution in [0, 0.1) is 0 Å². The molecule has 0 fully saturated rings. The summed E-state index contributed by atoms with van der Waals surface area (Å²) in [7, 11) is 0. The largest absolute Gasteiger partial charge is 0.469 e. The second-order valence-corrected chi connectivity index (χ2v) is 5.38. The molecule has 0 aliphatic rings. The highest BCUT2D eigenvalue weighted by atomic mass is 79.9. The van der Waals surface area contributed by atoms with Crippen molar-refractivity contribution in [3.63, 3.8) is 0 Å². The van der Waals surface area contributed by atoms with E-state index in [9.17, 15) is 0 Å². The standard InChI is InChI=1S/C14H15BrClNO/c1-2-17-14(9-11-4-3-7-18-11)12-8-10(15)5-6-13(12)16/h3-8,14,17H,2,9H2,1H3. The molecular weight excluding hydrogens is 314 g/mol. The zero-order valence-corrected chi connectivity index (χ0v) is 12.5. The maximum atomic E-state index is 6.28. The van der Waals surface area contributed by atoms with Gasteiger partial charge in [-0.15, -0.1) is 0 Å². The van der Waals surface area contributed by atoms with Gasteiger partial charge in [-0.2, -0.15) is 0 Å². The summed E-state index contributed by atoms with van der Waals surface area (Å²) in [5.74, 6) is 0.956. The normalized spacial score (nSPS) is 12.6. The molecule has 0 saturated carbocycles. The van der Waals surface area contributed by atoms with E-state index in [0.29, 0.717) is 0 Å². The van der Waals surface area contributed by atoms with Crippen LogP contribution >= 0.6 is 27.5 Å². The van der Waals surface area contributed by atoms with Gasteiger partial charge >= 0.3 is 0 Å². The molecule has 0 spiro atoms.